The Morgan fingerprint density at radius 1 is 1.31 bits per heavy atom. The maximum Gasteiger partial charge on any atom is 0.401 e. The van der Waals surface area contributed by atoms with Gasteiger partial charge in [-0.05, 0) is 12.1 Å². The number of anilines is 1. The largest absolute Gasteiger partial charge is 0.401 e. The molecule has 2 N–H and O–H groups in total. The quantitative estimate of drug-likeness (QED) is 0.774. The van der Waals surface area contributed by atoms with Gasteiger partial charge in [-0.15, -0.1) is 0 Å². The Morgan fingerprint density at radius 3 is 2.79 bits per heavy atom. The van der Waals surface area contributed by atoms with E-state index in [1.807, 2.05) is 0 Å². The molecule has 2 atom stereocenters. The number of nitrogens with zero attached hydrogens (tertiary/aromatic N) is 4. The van der Waals surface area contributed by atoms with Gasteiger partial charge in [0.05, 0.1) is 17.7 Å². The van der Waals surface area contributed by atoms with Crippen LogP contribution in [0.25, 0.3) is 0 Å². The van der Waals surface area contributed by atoms with Crippen molar-refractivity contribution in [2.24, 2.45) is 0 Å². The van der Waals surface area contributed by atoms with Gasteiger partial charge in [-0.25, -0.2) is 9.97 Å². The van der Waals surface area contributed by atoms with Crippen LogP contribution in [0, 0.1) is 0 Å². The number of amides is 1. The Hall–Kier alpha value is -2.66. The van der Waals surface area contributed by atoms with E-state index in [0.717, 1.165) is 0 Å². The SMILES string of the molecule is O=C1NC2(CCN(CC(F)(F)F)C(Nc3ccncn3)C2)n2c1c(Cl)ccc2=O. The minimum absolute atomic E-state index is 0.00602. The van der Waals surface area contributed by atoms with Crippen molar-refractivity contribution in [2.45, 2.75) is 30.8 Å². The number of hydrogen-bond donors (Lipinski definition) is 2. The average Bonchev–Trinajstić information content (AvgIpc) is 2.94. The summed E-state index contributed by atoms with van der Waals surface area (Å²) in [4.78, 5) is 34.0. The molecule has 1 spiro atoms. The molecule has 0 saturated carbocycles. The molecule has 1 amide bonds. The van der Waals surface area contributed by atoms with Gasteiger partial charge in [-0.3, -0.25) is 19.1 Å². The van der Waals surface area contributed by atoms with Crippen molar-refractivity contribution < 1.29 is 18.0 Å². The van der Waals surface area contributed by atoms with Crippen molar-refractivity contribution in [2.75, 3.05) is 18.4 Å². The van der Waals surface area contributed by atoms with Gasteiger partial charge >= 0.3 is 6.18 Å². The second-order valence-corrected chi connectivity index (χ2v) is 7.39. The van der Waals surface area contributed by atoms with Crippen LogP contribution in [0.15, 0.2) is 35.5 Å². The summed E-state index contributed by atoms with van der Waals surface area (Å²) >= 11 is 6.11. The Labute approximate surface area is 167 Å². The molecule has 2 aromatic rings. The molecule has 0 radical (unpaired) electrons. The molecule has 1 fully saturated rings. The zero-order chi connectivity index (χ0) is 20.8. The van der Waals surface area contributed by atoms with Gasteiger partial charge in [0.15, 0.2) is 0 Å². The number of rotatable bonds is 3. The molecule has 4 heterocycles. The molecule has 2 aromatic heterocycles. The molecule has 4 rings (SSSR count). The smallest absolute Gasteiger partial charge is 0.354 e. The lowest BCUT2D eigenvalue weighted by Gasteiger charge is -2.45. The zero-order valence-corrected chi connectivity index (χ0v) is 15.7. The number of carbonyl (C=O) groups is 1. The summed E-state index contributed by atoms with van der Waals surface area (Å²) in [5.74, 6) is -0.199. The molecule has 8 nitrogen and oxygen atoms in total. The summed E-state index contributed by atoms with van der Waals surface area (Å²) in [6.07, 6.45) is -2.41. The van der Waals surface area contributed by atoms with Crippen molar-refractivity contribution >= 4 is 23.3 Å². The predicted octanol–water partition coefficient (Wildman–Crippen LogP) is 1.78. The Balaban J connectivity index is 1.72. The number of nitrogens with one attached hydrogen (secondary N) is 2. The first-order valence-corrected chi connectivity index (χ1v) is 9.14. The summed E-state index contributed by atoms with van der Waals surface area (Å²) in [6, 6.07) is 4.10. The zero-order valence-electron chi connectivity index (χ0n) is 14.9. The van der Waals surface area contributed by atoms with Gasteiger partial charge in [0.1, 0.15) is 23.5 Å². The molecule has 29 heavy (non-hydrogen) atoms. The van der Waals surface area contributed by atoms with Crippen LogP contribution >= 0.6 is 11.6 Å². The Morgan fingerprint density at radius 2 is 2.10 bits per heavy atom. The van der Waals surface area contributed by atoms with Crippen molar-refractivity contribution in [3.05, 3.63) is 51.8 Å². The number of hydrogen-bond acceptors (Lipinski definition) is 6. The summed E-state index contributed by atoms with van der Waals surface area (Å²) < 4.78 is 40.6. The van der Waals surface area contributed by atoms with Gasteiger partial charge in [-0.1, -0.05) is 11.6 Å². The van der Waals surface area contributed by atoms with Crippen molar-refractivity contribution in [3.63, 3.8) is 0 Å². The van der Waals surface area contributed by atoms with Crippen molar-refractivity contribution in [1.82, 2.24) is 24.8 Å². The summed E-state index contributed by atoms with van der Waals surface area (Å²) in [7, 11) is 0. The molecule has 0 bridgehead atoms. The van der Waals surface area contributed by atoms with Gasteiger partial charge in [-0.2, -0.15) is 13.2 Å². The van der Waals surface area contributed by atoms with E-state index in [1.54, 1.807) is 0 Å². The highest BCUT2D eigenvalue weighted by atomic mass is 35.5. The predicted molar refractivity (Wildman–Crippen MR) is 97.5 cm³/mol. The van der Waals surface area contributed by atoms with Crippen molar-refractivity contribution in [1.29, 1.82) is 0 Å². The minimum Gasteiger partial charge on any atom is -0.354 e. The molecule has 1 saturated heterocycles. The molecule has 154 valence electrons. The van der Waals surface area contributed by atoms with Gasteiger partial charge in [0, 0.05) is 31.6 Å². The number of likely N-dealkylation sites (tertiary alicyclic amines) is 1. The molecule has 12 heteroatoms. The highest BCUT2D eigenvalue weighted by molar-refractivity contribution is 6.33. The van der Waals surface area contributed by atoms with Crippen LogP contribution in [-0.2, 0) is 5.66 Å². The first-order valence-electron chi connectivity index (χ1n) is 8.76. The van der Waals surface area contributed by atoms with E-state index < -0.39 is 36.0 Å². The number of fused-ring (bicyclic) bond motifs is 2. The fourth-order valence-electron chi connectivity index (χ4n) is 3.94. The average molecular weight is 429 g/mol. The maximum absolute atomic E-state index is 13.1. The molecular weight excluding hydrogens is 413 g/mol. The second-order valence-electron chi connectivity index (χ2n) is 6.98. The molecule has 0 aromatic carbocycles. The van der Waals surface area contributed by atoms with E-state index in [1.165, 1.54) is 40.2 Å². The van der Waals surface area contributed by atoms with Crippen LogP contribution in [0.5, 0.6) is 0 Å². The lowest BCUT2D eigenvalue weighted by atomic mass is 9.94. The van der Waals surface area contributed by atoms with E-state index >= 15 is 0 Å². The minimum atomic E-state index is -4.41. The first kappa shape index (κ1) is 19.6. The number of pyridine rings is 1. The topological polar surface area (TPSA) is 92.2 Å². The Bertz CT molecular complexity index is 999. The van der Waals surface area contributed by atoms with Crippen LogP contribution in [0.2, 0.25) is 5.02 Å². The van der Waals surface area contributed by atoms with Gasteiger partial charge in [0.25, 0.3) is 11.5 Å². The van der Waals surface area contributed by atoms with Gasteiger partial charge < -0.3 is 10.6 Å². The van der Waals surface area contributed by atoms with E-state index in [4.69, 9.17) is 11.6 Å². The maximum atomic E-state index is 13.1. The number of alkyl halides is 3. The molecule has 0 aliphatic carbocycles. The van der Waals surface area contributed by atoms with E-state index in [2.05, 4.69) is 20.6 Å². The highest BCUT2D eigenvalue weighted by Crippen LogP contribution is 2.38. The third-order valence-electron chi connectivity index (χ3n) is 5.10. The van der Waals surface area contributed by atoms with E-state index in [0.29, 0.717) is 5.82 Å². The molecule has 2 aliphatic rings. The monoisotopic (exact) mass is 428 g/mol. The number of aromatic nitrogens is 3. The molecule has 2 unspecified atom stereocenters. The fraction of sp³-hybridized carbons (Fsp3) is 0.412. The van der Waals surface area contributed by atoms with Crippen LogP contribution in [0.4, 0.5) is 19.0 Å². The van der Waals surface area contributed by atoms with Crippen LogP contribution in [-0.4, -0.2) is 50.8 Å². The van der Waals surface area contributed by atoms with Crippen LogP contribution in [0.3, 0.4) is 0 Å². The summed E-state index contributed by atoms with van der Waals surface area (Å²) in [5, 5.41) is 5.84. The van der Waals surface area contributed by atoms with Crippen LogP contribution in [0.1, 0.15) is 23.3 Å². The third kappa shape index (κ3) is 3.67. The lowest BCUT2D eigenvalue weighted by Crippen LogP contribution is -2.61. The first-order chi connectivity index (χ1) is 13.7. The number of carbonyl (C=O) groups excluding carboxylic acids is 1. The van der Waals surface area contributed by atoms with Gasteiger partial charge in [0.2, 0.25) is 0 Å². The second kappa shape index (κ2) is 6.99. The van der Waals surface area contributed by atoms with Crippen molar-refractivity contribution in [3.8, 4) is 0 Å². The van der Waals surface area contributed by atoms with E-state index in [-0.39, 0.29) is 30.1 Å². The Kier molecular flexibility index (Phi) is 4.74. The molecule has 2 aliphatic heterocycles. The standard InChI is InChI=1S/C17H16ClF3N6O2/c18-10-1-2-13(28)27-14(10)15(29)25-16(27)4-6-26(8-17(19,20)21)12(7-16)24-11-3-5-22-9-23-11/h1-3,5,9,12H,4,6-8H2,(H,25,29)(H,22,23,24). The summed E-state index contributed by atoms with van der Waals surface area (Å²) in [5.41, 5.74) is -1.61. The number of piperidine rings is 1. The highest BCUT2D eigenvalue weighted by Gasteiger charge is 2.50. The number of halogens is 4. The normalized spacial score (nSPS) is 24.4. The summed E-state index contributed by atoms with van der Waals surface area (Å²) in [6.45, 7) is -1.15. The van der Waals surface area contributed by atoms with Crippen LogP contribution < -0.4 is 16.2 Å². The molecular formula is C17H16ClF3N6O2. The lowest BCUT2D eigenvalue weighted by molar-refractivity contribution is -0.156. The fourth-order valence-corrected chi connectivity index (χ4v) is 4.17. The van der Waals surface area contributed by atoms with E-state index in [9.17, 15) is 22.8 Å². The third-order valence-corrected chi connectivity index (χ3v) is 5.40.